The van der Waals surface area contributed by atoms with Gasteiger partial charge in [0.1, 0.15) is 0 Å². The second-order valence-corrected chi connectivity index (χ2v) is 5.11. The van der Waals surface area contributed by atoms with Crippen molar-refractivity contribution in [3.63, 3.8) is 0 Å². The first-order valence-electron chi connectivity index (χ1n) is 7.22. The zero-order chi connectivity index (χ0) is 12.7. The maximum absolute atomic E-state index is 12.2. The summed E-state index contributed by atoms with van der Waals surface area (Å²) in [7, 11) is 0. The van der Waals surface area contributed by atoms with Gasteiger partial charge in [-0.05, 0) is 32.2 Å². The molecule has 0 aromatic carbocycles. The zero-order valence-corrected chi connectivity index (χ0v) is 12.9. The van der Waals surface area contributed by atoms with Crippen molar-refractivity contribution in [2.75, 3.05) is 19.6 Å². The first-order valence-corrected chi connectivity index (χ1v) is 7.22. The molecule has 1 fully saturated rings. The van der Waals surface area contributed by atoms with Crippen LogP contribution in [0.4, 0.5) is 0 Å². The minimum Gasteiger partial charge on any atom is -0.343 e. The molecule has 0 aromatic rings. The van der Waals surface area contributed by atoms with Crippen molar-refractivity contribution in [2.45, 2.75) is 58.9 Å². The molecule has 0 spiro atoms. The Morgan fingerprint density at radius 1 is 1.33 bits per heavy atom. The average molecular weight is 277 g/mol. The van der Waals surface area contributed by atoms with Crippen molar-refractivity contribution in [1.29, 1.82) is 0 Å². The minimum atomic E-state index is 0. The molecule has 1 aliphatic heterocycles. The SMILES string of the molecule is CCC(CC)CN(CC)C(=O)CC1CCCN1.Cl. The quantitative estimate of drug-likeness (QED) is 0.776. The van der Waals surface area contributed by atoms with E-state index in [0.717, 1.165) is 26.1 Å². The van der Waals surface area contributed by atoms with Crippen LogP contribution in [0.25, 0.3) is 0 Å². The third kappa shape index (κ3) is 5.57. The number of carbonyl (C=O) groups is 1. The summed E-state index contributed by atoms with van der Waals surface area (Å²) in [6.07, 6.45) is 5.41. The summed E-state index contributed by atoms with van der Waals surface area (Å²) in [4.78, 5) is 14.2. The fourth-order valence-corrected chi connectivity index (χ4v) is 2.54. The topological polar surface area (TPSA) is 32.3 Å². The molecule has 0 aromatic heterocycles. The normalized spacial score (nSPS) is 18.8. The molecule has 1 N–H and O–H groups in total. The lowest BCUT2D eigenvalue weighted by atomic mass is 10.0. The van der Waals surface area contributed by atoms with Gasteiger partial charge < -0.3 is 10.2 Å². The summed E-state index contributed by atoms with van der Waals surface area (Å²) in [6.45, 7) is 9.38. The zero-order valence-electron chi connectivity index (χ0n) is 12.1. The van der Waals surface area contributed by atoms with Crippen LogP contribution >= 0.6 is 12.4 Å². The average Bonchev–Trinajstić information content (AvgIpc) is 2.83. The Balaban J connectivity index is 0.00000289. The fraction of sp³-hybridized carbons (Fsp3) is 0.929. The number of nitrogens with one attached hydrogen (secondary N) is 1. The van der Waals surface area contributed by atoms with Crippen molar-refractivity contribution in [3.8, 4) is 0 Å². The fourth-order valence-electron chi connectivity index (χ4n) is 2.54. The van der Waals surface area contributed by atoms with Gasteiger partial charge in [0.05, 0.1) is 0 Å². The molecular formula is C14H29ClN2O. The molecule has 1 rings (SSSR count). The molecule has 1 heterocycles. The van der Waals surface area contributed by atoms with E-state index in [2.05, 4.69) is 26.1 Å². The number of nitrogens with zero attached hydrogens (tertiary/aromatic N) is 1. The van der Waals surface area contributed by atoms with Crippen molar-refractivity contribution in [2.24, 2.45) is 5.92 Å². The Morgan fingerprint density at radius 3 is 2.44 bits per heavy atom. The lowest BCUT2D eigenvalue weighted by molar-refractivity contribution is -0.132. The monoisotopic (exact) mass is 276 g/mol. The largest absolute Gasteiger partial charge is 0.343 e. The second-order valence-electron chi connectivity index (χ2n) is 5.11. The van der Waals surface area contributed by atoms with Gasteiger partial charge in [-0.1, -0.05) is 26.7 Å². The Labute approximate surface area is 118 Å². The predicted octanol–water partition coefficient (Wildman–Crippen LogP) is 2.84. The van der Waals surface area contributed by atoms with Gasteiger partial charge in [-0.15, -0.1) is 12.4 Å². The smallest absolute Gasteiger partial charge is 0.224 e. The summed E-state index contributed by atoms with van der Waals surface area (Å²) in [5.41, 5.74) is 0. The van der Waals surface area contributed by atoms with Gasteiger partial charge in [0.2, 0.25) is 5.91 Å². The molecule has 4 heteroatoms. The minimum absolute atomic E-state index is 0. The molecule has 1 unspecified atom stereocenters. The molecule has 1 atom stereocenters. The summed E-state index contributed by atoms with van der Waals surface area (Å²) in [5.74, 6) is 0.995. The Kier molecular flexibility index (Phi) is 9.47. The molecule has 1 saturated heterocycles. The van der Waals surface area contributed by atoms with Crippen LogP contribution in [0.3, 0.4) is 0 Å². The molecule has 3 nitrogen and oxygen atoms in total. The van der Waals surface area contributed by atoms with Crippen molar-refractivity contribution >= 4 is 18.3 Å². The number of hydrogen-bond donors (Lipinski definition) is 1. The molecule has 1 aliphatic rings. The van der Waals surface area contributed by atoms with E-state index in [1.807, 2.05) is 4.90 Å². The van der Waals surface area contributed by atoms with Gasteiger partial charge in [0, 0.05) is 25.6 Å². The molecule has 18 heavy (non-hydrogen) atoms. The molecule has 0 aliphatic carbocycles. The van der Waals surface area contributed by atoms with Gasteiger partial charge in [-0.25, -0.2) is 0 Å². The predicted molar refractivity (Wildman–Crippen MR) is 79.2 cm³/mol. The summed E-state index contributed by atoms with van der Waals surface area (Å²) < 4.78 is 0. The summed E-state index contributed by atoms with van der Waals surface area (Å²) in [5, 5.41) is 3.40. The highest BCUT2D eigenvalue weighted by molar-refractivity contribution is 5.85. The van der Waals surface area contributed by atoms with Gasteiger partial charge in [0.15, 0.2) is 0 Å². The number of amides is 1. The molecule has 0 saturated carbocycles. The highest BCUT2D eigenvalue weighted by Gasteiger charge is 2.22. The molecular weight excluding hydrogens is 248 g/mol. The highest BCUT2D eigenvalue weighted by Crippen LogP contribution is 2.14. The van der Waals surface area contributed by atoms with Crippen LogP contribution in [-0.4, -0.2) is 36.5 Å². The van der Waals surface area contributed by atoms with Crippen LogP contribution in [-0.2, 0) is 4.79 Å². The van der Waals surface area contributed by atoms with E-state index >= 15 is 0 Å². The number of rotatable bonds is 7. The van der Waals surface area contributed by atoms with Crippen LogP contribution in [0.2, 0.25) is 0 Å². The van der Waals surface area contributed by atoms with Crippen molar-refractivity contribution in [3.05, 3.63) is 0 Å². The van der Waals surface area contributed by atoms with E-state index < -0.39 is 0 Å². The van der Waals surface area contributed by atoms with E-state index in [1.54, 1.807) is 0 Å². The van der Waals surface area contributed by atoms with Gasteiger partial charge in [-0.3, -0.25) is 4.79 Å². The van der Waals surface area contributed by atoms with Crippen molar-refractivity contribution < 1.29 is 4.79 Å². The molecule has 0 bridgehead atoms. The Hall–Kier alpha value is -0.280. The van der Waals surface area contributed by atoms with Crippen LogP contribution in [0.5, 0.6) is 0 Å². The number of hydrogen-bond acceptors (Lipinski definition) is 2. The first-order chi connectivity index (χ1) is 8.21. The number of halogens is 1. The van der Waals surface area contributed by atoms with Gasteiger partial charge in [0.25, 0.3) is 0 Å². The molecule has 1 amide bonds. The second kappa shape index (κ2) is 9.62. The third-order valence-electron chi connectivity index (χ3n) is 3.95. The molecule has 108 valence electrons. The van der Waals surface area contributed by atoms with E-state index in [-0.39, 0.29) is 12.4 Å². The number of carbonyl (C=O) groups excluding carboxylic acids is 1. The van der Waals surface area contributed by atoms with Crippen LogP contribution in [0.15, 0.2) is 0 Å². The highest BCUT2D eigenvalue weighted by atomic mass is 35.5. The standard InChI is InChI=1S/C14H28N2O.ClH/c1-4-12(5-2)11-16(6-3)14(17)10-13-8-7-9-15-13;/h12-13,15H,4-11H2,1-3H3;1H. The third-order valence-corrected chi connectivity index (χ3v) is 3.95. The van der Waals surface area contributed by atoms with Crippen molar-refractivity contribution in [1.82, 2.24) is 10.2 Å². The van der Waals surface area contributed by atoms with E-state index in [9.17, 15) is 4.79 Å². The van der Waals surface area contributed by atoms with Gasteiger partial charge >= 0.3 is 0 Å². The maximum Gasteiger partial charge on any atom is 0.224 e. The van der Waals surface area contributed by atoms with Crippen LogP contribution in [0.1, 0.15) is 52.9 Å². The summed E-state index contributed by atoms with van der Waals surface area (Å²) >= 11 is 0. The van der Waals surface area contributed by atoms with Crippen LogP contribution in [0, 0.1) is 5.92 Å². The van der Waals surface area contributed by atoms with E-state index in [4.69, 9.17) is 0 Å². The maximum atomic E-state index is 12.2. The van der Waals surface area contributed by atoms with E-state index in [0.29, 0.717) is 24.3 Å². The van der Waals surface area contributed by atoms with Gasteiger partial charge in [-0.2, -0.15) is 0 Å². The lowest BCUT2D eigenvalue weighted by Crippen LogP contribution is -2.38. The Morgan fingerprint density at radius 2 is 2.00 bits per heavy atom. The molecule has 0 radical (unpaired) electrons. The van der Waals surface area contributed by atoms with E-state index in [1.165, 1.54) is 19.3 Å². The van der Waals surface area contributed by atoms with Crippen LogP contribution < -0.4 is 5.32 Å². The summed E-state index contributed by atoms with van der Waals surface area (Å²) in [6, 6.07) is 0.429. The Bertz CT molecular complexity index is 226. The lowest BCUT2D eigenvalue weighted by Gasteiger charge is -2.26. The first kappa shape index (κ1) is 17.7.